The van der Waals surface area contributed by atoms with Gasteiger partial charge in [-0.1, -0.05) is 24.3 Å². The summed E-state index contributed by atoms with van der Waals surface area (Å²) in [6, 6.07) is 17.3. The first-order valence-electron chi connectivity index (χ1n) is 10.2. The van der Waals surface area contributed by atoms with Gasteiger partial charge in [-0.3, -0.25) is 0 Å². The zero-order valence-electron chi connectivity index (χ0n) is 17.5. The molecule has 1 aliphatic heterocycles. The maximum Gasteiger partial charge on any atom is 0.165 e. The number of benzene rings is 3. The Labute approximate surface area is 183 Å². The molecule has 0 unspecified atom stereocenters. The molecule has 0 radical (unpaired) electrons. The second-order valence-electron chi connectivity index (χ2n) is 7.56. The van der Waals surface area contributed by atoms with Crippen molar-refractivity contribution in [2.75, 3.05) is 24.3 Å². The molecule has 2 heterocycles. The van der Waals surface area contributed by atoms with Crippen LogP contribution in [0.25, 0.3) is 28.0 Å². The lowest BCUT2D eigenvalue weighted by Gasteiger charge is -2.25. The molecule has 0 amide bonds. The molecule has 7 heteroatoms. The molecule has 0 atom stereocenters. The summed E-state index contributed by atoms with van der Waals surface area (Å²) in [6.45, 7) is 2.34. The molecule has 0 aliphatic carbocycles. The van der Waals surface area contributed by atoms with E-state index in [1.54, 1.807) is 7.11 Å². The van der Waals surface area contributed by atoms with Crippen molar-refractivity contribution < 1.29 is 13.5 Å². The molecule has 0 saturated heterocycles. The minimum absolute atomic E-state index is 0.266. The molecule has 32 heavy (non-hydrogen) atoms. The Balaban J connectivity index is 1.69. The molecule has 160 valence electrons. The maximum absolute atomic E-state index is 14.4. The molecule has 0 fully saturated rings. The third kappa shape index (κ3) is 3.41. The van der Waals surface area contributed by atoms with Gasteiger partial charge in [-0.2, -0.15) is 0 Å². The van der Waals surface area contributed by atoms with Crippen LogP contribution in [0.3, 0.4) is 0 Å². The van der Waals surface area contributed by atoms with Gasteiger partial charge in [0.05, 0.1) is 23.9 Å². The highest BCUT2D eigenvalue weighted by atomic mass is 19.1. The van der Waals surface area contributed by atoms with Gasteiger partial charge in [0, 0.05) is 29.3 Å². The molecule has 2 N–H and O–H groups in total. The molecule has 0 saturated carbocycles. The highest BCUT2D eigenvalue weighted by Crippen LogP contribution is 2.36. The number of methoxy groups -OCH3 is 1. The van der Waals surface area contributed by atoms with E-state index in [-0.39, 0.29) is 5.69 Å². The molecule has 0 spiro atoms. The molecule has 5 rings (SSSR count). The van der Waals surface area contributed by atoms with Crippen molar-refractivity contribution in [3.63, 3.8) is 0 Å². The second-order valence-corrected chi connectivity index (χ2v) is 7.56. The van der Waals surface area contributed by atoms with Gasteiger partial charge in [0.2, 0.25) is 0 Å². The fourth-order valence-corrected chi connectivity index (χ4v) is 3.90. The fourth-order valence-electron chi connectivity index (χ4n) is 3.90. The lowest BCUT2D eigenvalue weighted by atomic mass is 10.00. The Morgan fingerprint density at radius 2 is 1.75 bits per heavy atom. The van der Waals surface area contributed by atoms with Crippen molar-refractivity contribution in [1.29, 1.82) is 0 Å². The summed E-state index contributed by atoms with van der Waals surface area (Å²) in [6.07, 6.45) is 0. The summed E-state index contributed by atoms with van der Waals surface area (Å²) < 4.78 is 33.9. The molecule has 1 aromatic heterocycles. The van der Waals surface area contributed by atoms with Crippen LogP contribution >= 0.6 is 0 Å². The van der Waals surface area contributed by atoms with Crippen molar-refractivity contribution >= 4 is 28.1 Å². The highest BCUT2D eigenvalue weighted by molar-refractivity contribution is 5.97. The third-order valence-electron chi connectivity index (χ3n) is 5.48. The normalized spacial score (nSPS) is 13.0. The van der Waals surface area contributed by atoms with Crippen molar-refractivity contribution in [2.24, 2.45) is 0 Å². The first kappa shape index (κ1) is 19.9. The minimum atomic E-state index is -0.640. The Kier molecular flexibility index (Phi) is 4.93. The lowest BCUT2D eigenvalue weighted by molar-refractivity contribution is 0.416. The number of aromatic nitrogens is 2. The first-order valence-corrected chi connectivity index (χ1v) is 10.2. The van der Waals surface area contributed by atoms with Gasteiger partial charge in [-0.25, -0.2) is 18.7 Å². The largest absolute Gasteiger partial charge is 0.496 e. The number of nitrogens with zero attached hydrogens (tertiary/aromatic N) is 2. The van der Waals surface area contributed by atoms with E-state index < -0.39 is 11.6 Å². The van der Waals surface area contributed by atoms with Crippen LogP contribution in [0, 0.1) is 11.6 Å². The van der Waals surface area contributed by atoms with E-state index in [1.165, 1.54) is 6.07 Å². The predicted molar refractivity (Wildman–Crippen MR) is 123 cm³/mol. The van der Waals surface area contributed by atoms with Crippen LogP contribution in [0.2, 0.25) is 0 Å². The van der Waals surface area contributed by atoms with E-state index >= 15 is 0 Å². The van der Waals surface area contributed by atoms with E-state index in [2.05, 4.69) is 10.6 Å². The average molecular weight is 430 g/mol. The van der Waals surface area contributed by atoms with E-state index in [4.69, 9.17) is 14.7 Å². The predicted octanol–water partition coefficient (Wildman–Crippen LogP) is 5.85. The molecule has 3 aromatic carbocycles. The number of anilines is 2. The lowest BCUT2D eigenvalue weighted by Crippen LogP contribution is -2.18. The number of hydrogen-bond donors (Lipinski definition) is 2. The number of rotatable bonds is 4. The van der Waals surface area contributed by atoms with Crippen molar-refractivity contribution in [3.05, 3.63) is 83.4 Å². The van der Waals surface area contributed by atoms with Gasteiger partial charge in [-0.05, 0) is 42.8 Å². The molecule has 4 aromatic rings. The SMILES string of the molecule is COc1ccccc1-c1nc(NC2=C(C)CNc3c(F)cc(F)cc32)c2ccccc2n1. The number of para-hydroxylation sites is 2. The topological polar surface area (TPSA) is 59.1 Å². The number of nitrogens with one attached hydrogen (secondary N) is 2. The molecule has 0 bridgehead atoms. The van der Waals surface area contributed by atoms with Gasteiger partial charge in [0.1, 0.15) is 23.2 Å². The van der Waals surface area contributed by atoms with Crippen molar-refractivity contribution in [2.45, 2.75) is 6.92 Å². The average Bonchev–Trinajstić information content (AvgIpc) is 2.80. The van der Waals surface area contributed by atoms with E-state index in [1.807, 2.05) is 55.5 Å². The van der Waals surface area contributed by atoms with Gasteiger partial charge in [0.15, 0.2) is 5.82 Å². The Morgan fingerprint density at radius 3 is 2.59 bits per heavy atom. The fraction of sp³-hybridized carbons (Fsp3) is 0.120. The minimum Gasteiger partial charge on any atom is -0.496 e. The Bertz CT molecular complexity index is 1380. The van der Waals surface area contributed by atoms with Crippen LogP contribution in [-0.2, 0) is 0 Å². The summed E-state index contributed by atoms with van der Waals surface area (Å²) >= 11 is 0. The first-order chi connectivity index (χ1) is 15.5. The third-order valence-corrected chi connectivity index (χ3v) is 5.48. The second kappa shape index (κ2) is 7.92. The summed E-state index contributed by atoms with van der Waals surface area (Å²) in [5.41, 5.74) is 3.70. The Hall–Kier alpha value is -4.00. The van der Waals surface area contributed by atoms with E-state index in [0.29, 0.717) is 35.2 Å². The number of ether oxygens (including phenoxy) is 1. The zero-order valence-corrected chi connectivity index (χ0v) is 17.5. The summed E-state index contributed by atoms with van der Waals surface area (Å²) in [7, 11) is 1.60. The highest BCUT2D eigenvalue weighted by Gasteiger charge is 2.22. The van der Waals surface area contributed by atoms with Gasteiger partial charge >= 0.3 is 0 Å². The Morgan fingerprint density at radius 1 is 0.969 bits per heavy atom. The summed E-state index contributed by atoms with van der Waals surface area (Å²) in [5, 5.41) is 7.17. The summed E-state index contributed by atoms with van der Waals surface area (Å²) in [4.78, 5) is 9.50. The zero-order chi connectivity index (χ0) is 22.2. The van der Waals surface area contributed by atoms with Gasteiger partial charge < -0.3 is 15.4 Å². The molecular weight excluding hydrogens is 410 g/mol. The van der Waals surface area contributed by atoms with Crippen LogP contribution in [0.5, 0.6) is 5.75 Å². The smallest absolute Gasteiger partial charge is 0.165 e. The van der Waals surface area contributed by atoms with E-state index in [9.17, 15) is 8.78 Å². The maximum atomic E-state index is 14.4. The molecule has 5 nitrogen and oxygen atoms in total. The quantitative estimate of drug-likeness (QED) is 0.425. The van der Waals surface area contributed by atoms with E-state index in [0.717, 1.165) is 28.1 Å². The van der Waals surface area contributed by atoms with Crippen LogP contribution in [0.4, 0.5) is 20.3 Å². The van der Waals surface area contributed by atoms with Crippen LogP contribution in [0.1, 0.15) is 12.5 Å². The van der Waals surface area contributed by atoms with Crippen molar-refractivity contribution in [3.8, 4) is 17.1 Å². The molecular formula is C25H20F2N4O. The summed E-state index contributed by atoms with van der Waals surface area (Å²) in [5.74, 6) is 0.415. The van der Waals surface area contributed by atoms with Crippen LogP contribution in [0.15, 0.2) is 66.2 Å². The number of fused-ring (bicyclic) bond motifs is 2. The monoisotopic (exact) mass is 430 g/mol. The molecule has 1 aliphatic rings. The number of halogens is 2. The number of hydrogen-bond acceptors (Lipinski definition) is 5. The van der Waals surface area contributed by atoms with Crippen molar-refractivity contribution in [1.82, 2.24) is 9.97 Å². The standard InChI is InChI=1S/C25H20F2N4O/c1-14-13-28-23-18(11-15(26)12-19(23)27)22(14)30-24-16-7-3-5-9-20(16)29-25(31-24)17-8-4-6-10-21(17)32-2/h3-12,28H,13H2,1-2H3,(H,29,30,31). The van der Waals surface area contributed by atoms with Crippen LogP contribution in [-0.4, -0.2) is 23.6 Å². The van der Waals surface area contributed by atoms with Gasteiger partial charge in [0.25, 0.3) is 0 Å². The van der Waals surface area contributed by atoms with Crippen LogP contribution < -0.4 is 15.4 Å². The van der Waals surface area contributed by atoms with Gasteiger partial charge in [-0.15, -0.1) is 0 Å².